The second kappa shape index (κ2) is 10.4. The van der Waals surface area contributed by atoms with Crippen LogP contribution in [0.4, 0.5) is 0 Å². The maximum atomic E-state index is 13.3. The van der Waals surface area contributed by atoms with Crippen LogP contribution in [0, 0.1) is 0 Å². The maximum absolute atomic E-state index is 13.3. The third-order valence-electron chi connectivity index (χ3n) is 6.10. The number of benzene rings is 2. The number of hydrogen-bond donors (Lipinski definition) is 1. The summed E-state index contributed by atoms with van der Waals surface area (Å²) in [6.45, 7) is 0.593. The Balaban J connectivity index is 1.45. The van der Waals surface area contributed by atoms with Gasteiger partial charge in [0.2, 0.25) is 5.91 Å². The van der Waals surface area contributed by atoms with Gasteiger partial charge >= 0.3 is 0 Å². The highest BCUT2D eigenvalue weighted by atomic mass is 16.5. The van der Waals surface area contributed by atoms with Crippen LogP contribution >= 0.6 is 0 Å². The van der Waals surface area contributed by atoms with E-state index in [0.29, 0.717) is 18.1 Å². The molecule has 1 heterocycles. The van der Waals surface area contributed by atoms with E-state index < -0.39 is 0 Å². The molecule has 2 unspecified atom stereocenters. The lowest BCUT2D eigenvalue weighted by Crippen LogP contribution is -2.57. The van der Waals surface area contributed by atoms with Gasteiger partial charge in [-0.05, 0) is 55.0 Å². The number of amides is 2. The van der Waals surface area contributed by atoms with Crippen molar-refractivity contribution in [1.29, 1.82) is 0 Å². The van der Waals surface area contributed by atoms with Crippen LogP contribution in [-0.2, 0) is 20.7 Å². The largest absolute Gasteiger partial charge is 0.497 e. The molecule has 2 fully saturated rings. The fourth-order valence-corrected chi connectivity index (χ4v) is 4.45. The van der Waals surface area contributed by atoms with Crippen LogP contribution in [0.3, 0.4) is 0 Å². The first-order valence-corrected chi connectivity index (χ1v) is 11.3. The lowest BCUT2D eigenvalue weighted by Gasteiger charge is -2.44. The molecule has 0 aromatic heterocycles. The molecule has 6 heteroatoms. The monoisotopic (exact) mass is 434 g/mol. The minimum absolute atomic E-state index is 0.0492. The van der Waals surface area contributed by atoms with Crippen LogP contribution in [0.1, 0.15) is 36.8 Å². The SMILES string of the molecule is COc1cccc(/C=C2/OC3CCCCC3N(CC(=O)NCCc3ccccc3)C2=O)c1. The number of methoxy groups -OCH3 is 1. The second-order valence-electron chi connectivity index (χ2n) is 8.31. The Labute approximate surface area is 189 Å². The van der Waals surface area contributed by atoms with E-state index in [-0.39, 0.29) is 30.5 Å². The van der Waals surface area contributed by atoms with Crippen LogP contribution in [0.25, 0.3) is 6.08 Å². The quantitative estimate of drug-likeness (QED) is 0.677. The van der Waals surface area contributed by atoms with Crippen LogP contribution in [0.5, 0.6) is 5.75 Å². The van der Waals surface area contributed by atoms with Crippen LogP contribution < -0.4 is 10.1 Å². The number of carbonyl (C=O) groups excluding carboxylic acids is 2. The number of morpholine rings is 1. The van der Waals surface area contributed by atoms with Gasteiger partial charge in [0.15, 0.2) is 5.76 Å². The van der Waals surface area contributed by atoms with Crippen molar-refractivity contribution in [3.63, 3.8) is 0 Å². The summed E-state index contributed by atoms with van der Waals surface area (Å²) in [6, 6.07) is 17.5. The Hall–Kier alpha value is -3.28. The number of carbonyl (C=O) groups is 2. The Morgan fingerprint density at radius 2 is 1.97 bits per heavy atom. The van der Waals surface area contributed by atoms with Gasteiger partial charge in [-0.1, -0.05) is 48.9 Å². The Morgan fingerprint density at radius 3 is 2.78 bits per heavy atom. The Kier molecular flexibility index (Phi) is 7.10. The number of fused-ring (bicyclic) bond motifs is 1. The highest BCUT2D eigenvalue weighted by Crippen LogP contribution is 2.33. The third-order valence-corrected chi connectivity index (χ3v) is 6.10. The van der Waals surface area contributed by atoms with Crippen molar-refractivity contribution in [3.8, 4) is 5.75 Å². The molecule has 168 valence electrons. The molecular weight excluding hydrogens is 404 g/mol. The summed E-state index contributed by atoms with van der Waals surface area (Å²) in [6.07, 6.45) is 6.29. The molecule has 2 aromatic rings. The van der Waals surface area contributed by atoms with Crippen LogP contribution in [0.15, 0.2) is 60.4 Å². The minimum atomic E-state index is -0.228. The summed E-state index contributed by atoms with van der Waals surface area (Å²) >= 11 is 0. The number of nitrogens with one attached hydrogen (secondary N) is 1. The van der Waals surface area contributed by atoms with Gasteiger partial charge in [0.05, 0.1) is 13.2 Å². The molecule has 2 atom stereocenters. The highest BCUT2D eigenvalue weighted by molar-refractivity contribution is 5.98. The molecule has 1 aliphatic carbocycles. The van der Waals surface area contributed by atoms with E-state index in [1.165, 1.54) is 5.56 Å². The second-order valence-corrected chi connectivity index (χ2v) is 8.31. The average molecular weight is 435 g/mol. The zero-order valence-electron chi connectivity index (χ0n) is 18.5. The van der Waals surface area contributed by atoms with Gasteiger partial charge in [0.1, 0.15) is 18.4 Å². The summed E-state index contributed by atoms with van der Waals surface area (Å²) in [5.74, 6) is 0.640. The van der Waals surface area contributed by atoms with Crippen molar-refractivity contribution in [1.82, 2.24) is 10.2 Å². The molecule has 1 N–H and O–H groups in total. The van der Waals surface area contributed by atoms with Gasteiger partial charge < -0.3 is 19.7 Å². The van der Waals surface area contributed by atoms with E-state index in [1.54, 1.807) is 18.1 Å². The van der Waals surface area contributed by atoms with Crippen molar-refractivity contribution in [3.05, 3.63) is 71.5 Å². The maximum Gasteiger partial charge on any atom is 0.289 e. The Bertz CT molecular complexity index is 973. The Morgan fingerprint density at radius 1 is 1.16 bits per heavy atom. The summed E-state index contributed by atoms with van der Waals surface area (Å²) in [7, 11) is 1.61. The standard InChI is InChI=1S/C26H30N2O4/c1-31-21-11-7-10-20(16-21)17-24-26(30)28(22-12-5-6-13-23(22)32-24)18-25(29)27-15-14-19-8-3-2-4-9-19/h2-4,7-11,16-17,22-23H,5-6,12-15,18H2,1H3,(H,27,29)/b24-17+. The van der Waals surface area contributed by atoms with Crippen molar-refractivity contribution in [2.75, 3.05) is 20.2 Å². The molecule has 2 aromatic carbocycles. The fraction of sp³-hybridized carbons (Fsp3) is 0.385. The molecule has 0 bridgehead atoms. The molecule has 0 radical (unpaired) electrons. The van der Waals surface area contributed by atoms with Gasteiger partial charge in [-0.15, -0.1) is 0 Å². The molecule has 1 aliphatic heterocycles. The van der Waals surface area contributed by atoms with E-state index in [0.717, 1.165) is 37.7 Å². The molecule has 2 aliphatic rings. The van der Waals surface area contributed by atoms with Gasteiger partial charge in [-0.2, -0.15) is 0 Å². The summed E-state index contributed by atoms with van der Waals surface area (Å²) < 4.78 is 11.4. The van der Waals surface area contributed by atoms with Crippen LogP contribution in [0.2, 0.25) is 0 Å². The molecule has 2 amide bonds. The fourth-order valence-electron chi connectivity index (χ4n) is 4.45. The van der Waals surface area contributed by atoms with Crippen molar-refractivity contribution in [2.24, 2.45) is 0 Å². The van der Waals surface area contributed by atoms with Crippen LogP contribution in [-0.4, -0.2) is 49.1 Å². The molecule has 4 rings (SSSR count). The smallest absolute Gasteiger partial charge is 0.289 e. The summed E-state index contributed by atoms with van der Waals surface area (Å²) in [4.78, 5) is 27.7. The van der Waals surface area contributed by atoms with Gasteiger partial charge in [0.25, 0.3) is 5.91 Å². The first kappa shape index (κ1) is 21.9. The van der Waals surface area contributed by atoms with Crippen molar-refractivity contribution in [2.45, 2.75) is 44.2 Å². The lowest BCUT2D eigenvalue weighted by molar-refractivity contribution is -0.151. The highest BCUT2D eigenvalue weighted by Gasteiger charge is 2.42. The predicted octanol–water partition coefficient (Wildman–Crippen LogP) is 3.57. The first-order chi connectivity index (χ1) is 15.6. The first-order valence-electron chi connectivity index (χ1n) is 11.3. The number of nitrogens with zero attached hydrogens (tertiary/aromatic N) is 1. The normalized spacial score (nSPS) is 21.6. The molecule has 0 spiro atoms. The average Bonchev–Trinajstić information content (AvgIpc) is 2.82. The predicted molar refractivity (Wildman–Crippen MR) is 123 cm³/mol. The van der Waals surface area contributed by atoms with E-state index >= 15 is 0 Å². The van der Waals surface area contributed by atoms with Crippen molar-refractivity contribution < 1.29 is 19.1 Å². The number of hydrogen-bond acceptors (Lipinski definition) is 4. The summed E-state index contributed by atoms with van der Waals surface area (Å²) in [5.41, 5.74) is 2.00. The van der Waals surface area contributed by atoms with Gasteiger partial charge in [-0.3, -0.25) is 9.59 Å². The molecule has 32 heavy (non-hydrogen) atoms. The zero-order valence-corrected chi connectivity index (χ0v) is 18.5. The summed E-state index contributed by atoms with van der Waals surface area (Å²) in [5, 5.41) is 2.96. The van der Waals surface area contributed by atoms with E-state index in [2.05, 4.69) is 5.32 Å². The molecular formula is C26H30N2O4. The third kappa shape index (κ3) is 5.31. The lowest BCUT2D eigenvalue weighted by atomic mass is 9.89. The van der Waals surface area contributed by atoms with E-state index in [9.17, 15) is 9.59 Å². The molecule has 1 saturated carbocycles. The zero-order chi connectivity index (χ0) is 22.3. The minimum Gasteiger partial charge on any atom is -0.497 e. The number of ether oxygens (including phenoxy) is 2. The molecule has 1 saturated heterocycles. The van der Waals surface area contributed by atoms with E-state index in [1.807, 2.05) is 54.6 Å². The topological polar surface area (TPSA) is 67.9 Å². The molecule has 6 nitrogen and oxygen atoms in total. The number of rotatable bonds is 7. The van der Waals surface area contributed by atoms with Crippen molar-refractivity contribution >= 4 is 17.9 Å². The van der Waals surface area contributed by atoms with Gasteiger partial charge in [0, 0.05) is 6.54 Å². The van der Waals surface area contributed by atoms with E-state index in [4.69, 9.17) is 9.47 Å². The van der Waals surface area contributed by atoms with Gasteiger partial charge in [-0.25, -0.2) is 0 Å².